The fraction of sp³-hybridized carbons (Fsp3) is 0.958. The molecule has 0 radical (unpaired) electrons. The molecule has 0 unspecified atom stereocenters. The molecule has 0 amide bonds. The van der Waals surface area contributed by atoms with Gasteiger partial charge in [0.1, 0.15) is 0 Å². The highest BCUT2D eigenvalue weighted by molar-refractivity contribution is 5.66. The van der Waals surface area contributed by atoms with E-state index in [9.17, 15) is 4.79 Å². The van der Waals surface area contributed by atoms with Crippen LogP contribution >= 0.6 is 0 Å². The van der Waals surface area contributed by atoms with Gasteiger partial charge >= 0.3 is 5.97 Å². The number of carboxylic acids is 1. The van der Waals surface area contributed by atoms with Gasteiger partial charge in [-0.2, -0.15) is 0 Å². The molecule has 2 N–H and O–H groups in total. The van der Waals surface area contributed by atoms with E-state index in [1.54, 1.807) is 0 Å². The topological polar surface area (TPSA) is 135 Å². The molecule has 0 rings (SSSR count). The second-order valence-electron chi connectivity index (χ2n) is 7.61. The van der Waals surface area contributed by atoms with E-state index in [0.717, 1.165) is 32.7 Å². The highest BCUT2D eigenvalue weighted by Crippen LogP contribution is 1.93. The lowest BCUT2D eigenvalue weighted by molar-refractivity contribution is -0.138. The van der Waals surface area contributed by atoms with E-state index in [-0.39, 0.29) is 19.6 Å². The molecular formula is C24H49NO11. The molecule has 0 aromatic rings. The van der Waals surface area contributed by atoms with Gasteiger partial charge in [-0.05, 0) is 6.42 Å². The third kappa shape index (κ3) is 29.3. The van der Waals surface area contributed by atoms with E-state index < -0.39 is 5.97 Å². The Morgan fingerprint density at radius 1 is 0.528 bits per heavy atom. The van der Waals surface area contributed by atoms with E-state index in [4.69, 9.17) is 48.1 Å². The number of hydrogen-bond donors (Lipinski definition) is 2. The summed E-state index contributed by atoms with van der Waals surface area (Å²) in [4.78, 5) is 12.6. The quantitative estimate of drug-likeness (QED) is 0.120. The molecule has 36 heavy (non-hydrogen) atoms. The molecule has 0 aromatic heterocycles. The van der Waals surface area contributed by atoms with E-state index in [2.05, 4.69) is 11.8 Å². The number of carbonyl (C=O) groups is 1. The predicted molar refractivity (Wildman–Crippen MR) is 133 cm³/mol. The highest BCUT2D eigenvalue weighted by atomic mass is 16.6. The molecule has 0 aromatic carbocycles. The molecule has 12 heteroatoms. The van der Waals surface area contributed by atoms with Gasteiger partial charge in [-0.1, -0.05) is 6.92 Å². The van der Waals surface area contributed by atoms with E-state index in [0.29, 0.717) is 92.5 Å². The van der Waals surface area contributed by atoms with Gasteiger partial charge in [0, 0.05) is 26.2 Å². The van der Waals surface area contributed by atoms with Gasteiger partial charge in [0.15, 0.2) is 0 Å². The molecule has 0 fully saturated rings. The number of hydrogen-bond acceptors (Lipinski definition) is 11. The standard InChI is InChI=1S/C24H49NO11/c1-2-8-29-14-20-35-22-17-32-11-5-25(4-10-31-16-19-34-13-7-26)6-12-33-18-23-36-21-15-30-9-3-24(27)28/h26H,2-23H2,1H3,(H,27,28). The lowest BCUT2D eigenvalue weighted by Crippen LogP contribution is -2.34. The summed E-state index contributed by atoms with van der Waals surface area (Å²) in [5.74, 6) is -0.874. The highest BCUT2D eigenvalue weighted by Gasteiger charge is 2.06. The summed E-state index contributed by atoms with van der Waals surface area (Å²) in [6.45, 7) is 12.2. The van der Waals surface area contributed by atoms with E-state index >= 15 is 0 Å². The van der Waals surface area contributed by atoms with Crippen LogP contribution in [0.4, 0.5) is 0 Å². The number of aliphatic hydroxyl groups excluding tert-OH is 1. The molecule has 0 bridgehead atoms. The lowest BCUT2D eigenvalue weighted by Gasteiger charge is -2.22. The van der Waals surface area contributed by atoms with Gasteiger partial charge in [-0.15, -0.1) is 0 Å². The Bertz CT molecular complexity index is 446. The maximum atomic E-state index is 10.4. The van der Waals surface area contributed by atoms with Gasteiger partial charge in [0.05, 0.1) is 112 Å². The van der Waals surface area contributed by atoms with Gasteiger partial charge in [0.2, 0.25) is 0 Å². The minimum absolute atomic E-state index is 0.00445. The van der Waals surface area contributed by atoms with Crippen LogP contribution in [0.5, 0.6) is 0 Å². The second kappa shape index (κ2) is 30.3. The van der Waals surface area contributed by atoms with Crippen LogP contribution in [-0.4, -0.2) is 153 Å². The lowest BCUT2D eigenvalue weighted by atomic mass is 10.4. The van der Waals surface area contributed by atoms with Gasteiger partial charge in [-0.25, -0.2) is 0 Å². The first-order chi connectivity index (χ1) is 17.7. The number of aliphatic hydroxyl groups is 1. The SMILES string of the molecule is CCCOCCOCCOCCN(CCOCCOCCO)CCOCCOCCOCCC(=O)O. The second-order valence-corrected chi connectivity index (χ2v) is 7.61. The molecule has 0 atom stereocenters. The molecule has 0 saturated heterocycles. The number of nitrogens with zero attached hydrogens (tertiary/aromatic N) is 1. The largest absolute Gasteiger partial charge is 0.481 e. The van der Waals surface area contributed by atoms with Crippen LogP contribution in [0.3, 0.4) is 0 Å². The van der Waals surface area contributed by atoms with Crippen LogP contribution in [0.15, 0.2) is 0 Å². The van der Waals surface area contributed by atoms with Crippen molar-refractivity contribution in [1.82, 2.24) is 4.90 Å². The van der Waals surface area contributed by atoms with Crippen LogP contribution in [-0.2, 0) is 42.7 Å². The van der Waals surface area contributed by atoms with Crippen molar-refractivity contribution in [1.29, 1.82) is 0 Å². The van der Waals surface area contributed by atoms with Crippen molar-refractivity contribution in [2.75, 3.05) is 132 Å². The van der Waals surface area contributed by atoms with Gasteiger partial charge in [0.25, 0.3) is 0 Å². The monoisotopic (exact) mass is 527 g/mol. The van der Waals surface area contributed by atoms with E-state index in [1.165, 1.54) is 0 Å². The number of rotatable bonds is 31. The minimum atomic E-state index is -0.874. The van der Waals surface area contributed by atoms with Crippen molar-refractivity contribution in [2.24, 2.45) is 0 Å². The number of aliphatic carboxylic acids is 1. The third-order valence-corrected chi connectivity index (χ3v) is 4.56. The summed E-state index contributed by atoms with van der Waals surface area (Å²) in [6.07, 6.45) is 1.00. The molecular weight excluding hydrogens is 478 g/mol. The molecule has 216 valence electrons. The Balaban J connectivity index is 3.83. The van der Waals surface area contributed by atoms with Crippen molar-refractivity contribution >= 4 is 5.97 Å². The molecule has 0 heterocycles. The Labute approximate surface area is 216 Å². The number of carboxylic acid groups (broad SMARTS) is 1. The first-order valence-electron chi connectivity index (χ1n) is 12.9. The zero-order valence-corrected chi connectivity index (χ0v) is 22.1. The van der Waals surface area contributed by atoms with Crippen molar-refractivity contribution in [2.45, 2.75) is 19.8 Å². The Kier molecular flexibility index (Phi) is 29.5. The van der Waals surface area contributed by atoms with Crippen LogP contribution in [0.2, 0.25) is 0 Å². The molecule has 0 saturated carbocycles. The molecule has 0 aliphatic carbocycles. The predicted octanol–water partition coefficient (Wildman–Crippen LogP) is 0.298. The van der Waals surface area contributed by atoms with Crippen LogP contribution in [0.1, 0.15) is 19.8 Å². The Hall–Kier alpha value is -0.930. The summed E-state index contributed by atoms with van der Waals surface area (Å²) in [5, 5.41) is 17.2. The normalized spacial score (nSPS) is 11.5. The Morgan fingerprint density at radius 2 is 0.861 bits per heavy atom. The van der Waals surface area contributed by atoms with Gasteiger partial charge in [-0.3, -0.25) is 9.69 Å². The summed E-state index contributed by atoms with van der Waals surface area (Å²) >= 11 is 0. The van der Waals surface area contributed by atoms with Crippen LogP contribution < -0.4 is 0 Å². The Morgan fingerprint density at radius 3 is 1.22 bits per heavy atom. The summed E-state index contributed by atoms with van der Waals surface area (Å²) < 4.78 is 43.5. The fourth-order valence-electron chi connectivity index (χ4n) is 2.69. The maximum Gasteiger partial charge on any atom is 0.305 e. The molecule has 12 nitrogen and oxygen atoms in total. The van der Waals surface area contributed by atoms with Crippen molar-refractivity contribution in [3.63, 3.8) is 0 Å². The van der Waals surface area contributed by atoms with Gasteiger partial charge < -0.3 is 48.1 Å². The van der Waals surface area contributed by atoms with Crippen molar-refractivity contribution in [3.05, 3.63) is 0 Å². The third-order valence-electron chi connectivity index (χ3n) is 4.56. The smallest absolute Gasteiger partial charge is 0.305 e. The fourth-order valence-corrected chi connectivity index (χ4v) is 2.69. The summed E-state index contributed by atoms with van der Waals surface area (Å²) in [5.41, 5.74) is 0. The van der Waals surface area contributed by atoms with Crippen molar-refractivity contribution in [3.8, 4) is 0 Å². The zero-order chi connectivity index (χ0) is 26.4. The minimum Gasteiger partial charge on any atom is -0.481 e. The number of ether oxygens (including phenoxy) is 8. The first-order valence-corrected chi connectivity index (χ1v) is 12.9. The van der Waals surface area contributed by atoms with Crippen LogP contribution in [0, 0.1) is 0 Å². The summed E-state index contributed by atoms with van der Waals surface area (Å²) in [7, 11) is 0. The average Bonchev–Trinajstić information content (AvgIpc) is 2.87. The van der Waals surface area contributed by atoms with Crippen LogP contribution in [0.25, 0.3) is 0 Å². The zero-order valence-electron chi connectivity index (χ0n) is 22.1. The van der Waals surface area contributed by atoms with E-state index in [1.807, 2.05) is 0 Å². The molecule has 0 spiro atoms. The maximum absolute atomic E-state index is 10.4. The molecule has 0 aliphatic rings. The summed E-state index contributed by atoms with van der Waals surface area (Å²) in [6, 6.07) is 0. The molecule has 0 aliphatic heterocycles. The first kappa shape index (κ1) is 35.1. The average molecular weight is 528 g/mol. The van der Waals surface area contributed by atoms with Crippen molar-refractivity contribution < 1.29 is 52.9 Å².